The Morgan fingerprint density at radius 1 is 1.50 bits per heavy atom. The van der Waals surface area contributed by atoms with Crippen LogP contribution in [0.5, 0.6) is 0 Å². The minimum Gasteiger partial charge on any atom is -0.310 e. The molecule has 0 spiro atoms. The second kappa shape index (κ2) is 2.87. The second-order valence-electron chi connectivity index (χ2n) is 3.24. The zero-order chi connectivity index (χ0) is 8.55. The van der Waals surface area contributed by atoms with E-state index in [0.29, 0.717) is 0 Å². The van der Waals surface area contributed by atoms with E-state index in [1.54, 1.807) is 6.07 Å². The Bertz CT molecular complexity index is 296. The first-order valence-corrected chi connectivity index (χ1v) is 4.29. The van der Waals surface area contributed by atoms with Gasteiger partial charge in [-0.1, -0.05) is 12.1 Å². The second-order valence-corrected chi connectivity index (χ2v) is 3.24. The summed E-state index contributed by atoms with van der Waals surface area (Å²) in [4.78, 5) is 0. The summed E-state index contributed by atoms with van der Waals surface area (Å²) in [6, 6.07) is 5.49. The Morgan fingerprint density at radius 2 is 2.33 bits per heavy atom. The minimum absolute atomic E-state index is 0.0767. The molecule has 1 nitrogen and oxygen atoms in total. The van der Waals surface area contributed by atoms with Crippen LogP contribution in [-0.4, -0.2) is 6.54 Å². The average molecular weight is 165 g/mol. The fourth-order valence-electron chi connectivity index (χ4n) is 1.81. The van der Waals surface area contributed by atoms with Crippen molar-refractivity contribution in [3.05, 3.63) is 35.1 Å². The van der Waals surface area contributed by atoms with E-state index in [1.807, 2.05) is 13.0 Å². The highest BCUT2D eigenvalue weighted by atomic mass is 19.1. The van der Waals surface area contributed by atoms with E-state index in [-0.39, 0.29) is 11.9 Å². The van der Waals surface area contributed by atoms with Crippen LogP contribution in [0, 0.1) is 5.82 Å². The van der Waals surface area contributed by atoms with Gasteiger partial charge < -0.3 is 5.32 Å². The van der Waals surface area contributed by atoms with Crippen molar-refractivity contribution in [1.29, 1.82) is 0 Å². The molecule has 1 aromatic rings. The van der Waals surface area contributed by atoms with Crippen molar-refractivity contribution in [3.8, 4) is 0 Å². The van der Waals surface area contributed by atoms with Gasteiger partial charge in [-0.05, 0) is 31.5 Å². The molecule has 1 aliphatic heterocycles. The molecule has 0 aromatic heterocycles. The molecular formula is C10H12FN. The van der Waals surface area contributed by atoms with E-state index in [1.165, 1.54) is 6.07 Å². The van der Waals surface area contributed by atoms with Gasteiger partial charge in [-0.3, -0.25) is 0 Å². The molecule has 1 heterocycles. The Balaban J connectivity index is 2.53. The van der Waals surface area contributed by atoms with Crippen LogP contribution in [0.4, 0.5) is 4.39 Å². The van der Waals surface area contributed by atoms with Crippen LogP contribution in [-0.2, 0) is 6.42 Å². The lowest BCUT2D eigenvalue weighted by molar-refractivity contribution is 0.499. The first-order valence-electron chi connectivity index (χ1n) is 4.29. The third kappa shape index (κ3) is 1.12. The zero-order valence-electron chi connectivity index (χ0n) is 7.10. The lowest BCUT2D eigenvalue weighted by Gasteiger charge is -2.23. The van der Waals surface area contributed by atoms with E-state index < -0.39 is 0 Å². The number of hydrogen-bond donors (Lipinski definition) is 1. The predicted octanol–water partition coefficient (Wildman–Crippen LogP) is 2.03. The van der Waals surface area contributed by atoms with Gasteiger partial charge in [0.05, 0.1) is 0 Å². The van der Waals surface area contributed by atoms with Crippen molar-refractivity contribution in [1.82, 2.24) is 5.32 Å². The van der Waals surface area contributed by atoms with Crippen LogP contribution in [0.25, 0.3) is 0 Å². The molecule has 1 N–H and O–H groups in total. The standard InChI is InChI=1S/C10H12FN/c1-7-10-8(5-6-12-7)3-2-4-9(10)11/h2-4,7,12H,5-6H2,1H3/t7-/m1/s1. The minimum atomic E-state index is -0.0767. The third-order valence-corrected chi connectivity index (χ3v) is 2.42. The van der Waals surface area contributed by atoms with Gasteiger partial charge >= 0.3 is 0 Å². The van der Waals surface area contributed by atoms with E-state index in [0.717, 1.165) is 24.1 Å². The Morgan fingerprint density at radius 3 is 3.08 bits per heavy atom. The molecule has 2 heteroatoms. The lowest BCUT2D eigenvalue weighted by Crippen LogP contribution is -2.28. The molecule has 0 radical (unpaired) electrons. The van der Waals surface area contributed by atoms with E-state index in [4.69, 9.17) is 0 Å². The summed E-state index contributed by atoms with van der Waals surface area (Å²) in [7, 11) is 0. The molecule has 0 fully saturated rings. The Hall–Kier alpha value is -0.890. The predicted molar refractivity (Wildman–Crippen MR) is 46.5 cm³/mol. The smallest absolute Gasteiger partial charge is 0.128 e. The highest BCUT2D eigenvalue weighted by molar-refractivity contribution is 5.33. The molecular weight excluding hydrogens is 153 g/mol. The first kappa shape index (κ1) is 7.74. The van der Waals surface area contributed by atoms with Gasteiger partial charge in [0, 0.05) is 11.6 Å². The summed E-state index contributed by atoms with van der Waals surface area (Å²) in [5.74, 6) is -0.0767. The maximum atomic E-state index is 13.3. The van der Waals surface area contributed by atoms with E-state index in [9.17, 15) is 4.39 Å². The molecule has 1 aromatic carbocycles. The first-order chi connectivity index (χ1) is 5.79. The number of fused-ring (bicyclic) bond motifs is 1. The molecule has 0 saturated carbocycles. The van der Waals surface area contributed by atoms with Gasteiger partial charge in [0.1, 0.15) is 5.82 Å². The molecule has 2 rings (SSSR count). The lowest BCUT2D eigenvalue weighted by atomic mass is 9.95. The summed E-state index contributed by atoms with van der Waals surface area (Å²) in [6.45, 7) is 2.96. The van der Waals surface area contributed by atoms with Crippen LogP contribution in [0.3, 0.4) is 0 Å². The zero-order valence-corrected chi connectivity index (χ0v) is 7.10. The van der Waals surface area contributed by atoms with Gasteiger partial charge in [0.25, 0.3) is 0 Å². The molecule has 0 saturated heterocycles. The topological polar surface area (TPSA) is 12.0 Å². The third-order valence-electron chi connectivity index (χ3n) is 2.42. The molecule has 0 aliphatic carbocycles. The van der Waals surface area contributed by atoms with Crippen LogP contribution < -0.4 is 5.32 Å². The highest BCUT2D eigenvalue weighted by Gasteiger charge is 2.18. The number of halogens is 1. The maximum Gasteiger partial charge on any atom is 0.128 e. The normalized spacial score (nSPS) is 22.0. The molecule has 0 unspecified atom stereocenters. The monoisotopic (exact) mass is 165 g/mol. The largest absolute Gasteiger partial charge is 0.310 e. The highest BCUT2D eigenvalue weighted by Crippen LogP contribution is 2.24. The van der Waals surface area contributed by atoms with Gasteiger partial charge in [-0.15, -0.1) is 0 Å². The number of rotatable bonds is 0. The van der Waals surface area contributed by atoms with Gasteiger partial charge in [-0.2, -0.15) is 0 Å². The summed E-state index contributed by atoms with van der Waals surface area (Å²) >= 11 is 0. The SMILES string of the molecule is C[C@H]1NCCc2cccc(F)c21. The Labute approximate surface area is 71.6 Å². The molecule has 1 atom stereocenters. The number of hydrogen-bond acceptors (Lipinski definition) is 1. The quantitative estimate of drug-likeness (QED) is 0.620. The Kier molecular flexibility index (Phi) is 1.85. The molecule has 0 amide bonds. The summed E-state index contributed by atoms with van der Waals surface area (Å²) in [5, 5.41) is 3.24. The fraction of sp³-hybridized carbons (Fsp3) is 0.400. The van der Waals surface area contributed by atoms with Crippen molar-refractivity contribution >= 4 is 0 Å². The number of nitrogens with one attached hydrogen (secondary N) is 1. The van der Waals surface area contributed by atoms with Gasteiger partial charge in [0.2, 0.25) is 0 Å². The van der Waals surface area contributed by atoms with E-state index in [2.05, 4.69) is 5.32 Å². The van der Waals surface area contributed by atoms with Crippen LogP contribution >= 0.6 is 0 Å². The average Bonchev–Trinajstić information content (AvgIpc) is 2.04. The van der Waals surface area contributed by atoms with Crippen LogP contribution in [0.15, 0.2) is 18.2 Å². The molecule has 12 heavy (non-hydrogen) atoms. The number of benzene rings is 1. The van der Waals surface area contributed by atoms with Crippen LogP contribution in [0.1, 0.15) is 24.1 Å². The summed E-state index contributed by atoms with van der Waals surface area (Å²) in [5.41, 5.74) is 2.00. The molecule has 1 aliphatic rings. The van der Waals surface area contributed by atoms with Crippen LogP contribution in [0.2, 0.25) is 0 Å². The molecule has 0 bridgehead atoms. The van der Waals surface area contributed by atoms with Crippen molar-refractivity contribution in [2.75, 3.05) is 6.54 Å². The molecule has 64 valence electrons. The van der Waals surface area contributed by atoms with Crippen molar-refractivity contribution < 1.29 is 4.39 Å². The van der Waals surface area contributed by atoms with Crippen molar-refractivity contribution in [2.24, 2.45) is 0 Å². The van der Waals surface area contributed by atoms with Crippen molar-refractivity contribution in [2.45, 2.75) is 19.4 Å². The van der Waals surface area contributed by atoms with Gasteiger partial charge in [0.15, 0.2) is 0 Å². The van der Waals surface area contributed by atoms with E-state index >= 15 is 0 Å². The fourth-order valence-corrected chi connectivity index (χ4v) is 1.81. The maximum absolute atomic E-state index is 13.3. The summed E-state index contributed by atoms with van der Waals surface area (Å²) < 4.78 is 13.3. The van der Waals surface area contributed by atoms with Crippen molar-refractivity contribution in [3.63, 3.8) is 0 Å². The summed E-state index contributed by atoms with van der Waals surface area (Å²) in [6.07, 6.45) is 0.942. The van der Waals surface area contributed by atoms with Gasteiger partial charge in [-0.25, -0.2) is 4.39 Å².